The summed E-state index contributed by atoms with van der Waals surface area (Å²) in [6.45, 7) is 15.0. The first-order valence-corrected chi connectivity index (χ1v) is 16.7. The molecule has 0 radical (unpaired) electrons. The average molecular weight is 715 g/mol. The van der Waals surface area contributed by atoms with E-state index >= 15 is 0 Å². The van der Waals surface area contributed by atoms with Gasteiger partial charge in [-0.25, -0.2) is 24.0 Å². The van der Waals surface area contributed by atoms with Crippen molar-refractivity contribution in [2.24, 2.45) is 16.2 Å². The van der Waals surface area contributed by atoms with Gasteiger partial charge in [0.15, 0.2) is 8.29 Å². The Bertz CT molecular complexity index is 1300. The number of ether oxygens (including phenoxy) is 5. The molecular weight excluding hydrogens is 673 g/mol. The Hall–Kier alpha value is -3.70. The lowest BCUT2D eigenvalue weighted by molar-refractivity contribution is -0.159. The van der Waals surface area contributed by atoms with Crippen LogP contribution in [-0.2, 0) is 38.1 Å². The standard InChI is InChI=1S/C30H42N4O10S3/c1-7-21(35)41-16-30(17-42-22(36)8-2,18-43-23(37)9-3)19-44-25(39)32-20-12-28(4,5)14-29(6,13-20)15-31-24(38)40-10-11-46-27-34-33-26(45)47-27/h7-9,20H,1-3,10-19H2,4-6H3,(H,31,38)(H,32,39)(H,33,45). The summed E-state index contributed by atoms with van der Waals surface area (Å²) in [6, 6.07) is -0.319. The van der Waals surface area contributed by atoms with E-state index in [0.29, 0.717) is 29.1 Å². The van der Waals surface area contributed by atoms with Gasteiger partial charge in [0.2, 0.25) is 0 Å². The number of esters is 3. The van der Waals surface area contributed by atoms with Gasteiger partial charge in [0.1, 0.15) is 38.4 Å². The van der Waals surface area contributed by atoms with Gasteiger partial charge in [-0.2, -0.15) is 5.10 Å². The van der Waals surface area contributed by atoms with E-state index in [4.69, 9.17) is 35.9 Å². The SMILES string of the molecule is C=CC(=O)OCC(COC(=O)C=C)(COC(=O)C=C)COC(=O)NC1CC(C)(C)CC(C)(CNC(=O)OCCSc2n[nH]c(=S)s2)C1. The number of alkyl carbamates (subject to hydrolysis) is 2. The summed E-state index contributed by atoms with van der Waals surface area (Å²) in [5, 5.41) is 12.5. The highest BCUT2D eigenvalue weighted by atomic mass is 32.2. The molecule has 1 saturated carbocycles. The van der Waals surface area contributed by atoms with Crippen LogP contribution >= 0.6 is 35.3 Å². The Balaban J connectivity index is 2.00. The third kappa shape index (κ3) is 14.7. The van der Waals surface area contributed by atoms with Gasteiger partial charge in [-0.05, 0) is 42.3 Å². The highest BCUT2D eigenvalue weighted by molar-refractivity contribution is 8.01. The Morgan fingerprint density at radius 1 is 0.936 bits per heavy atom. The van der Waals surface area contributed by atoms with Gasteiger partial charge in [0.25, 0.3) is 0 Å². The van der Waals surface area contributed by atoms with Crippen molar-refractivity contribution < 1.29 is 47.7 Å². The lowest BCUT2D eigenvalue weighted by atomic mass is 9.62. The number of rotatable bonds is 18. The van der Waals surface area contributed by atoms with Crippen molar-refractivity contribution >= 4 is 65.4 Å². The highest BCUT2D eigenvalue weighted by Gasteiger charge is 2.43. The van der Waals surface area contributed by atoms with Crippen molar-refractivity contribution in [1.82, 2.24) is 20.8 Å². The molecular formula is C30H42N4O10S3. The van der Waals surface area contributed by atoms with Crippen LogP contribution < -0.4 is 10.6 Å². The predicted molar refractivity (Wildman–Crippen MR) is 177 cm³/mol. The zero-order valence-electron chi connectivity index (χ0n) is 26.8. The molecule has 1 aromatic rings. The number of amides is 2. The van der Waals surface area contributed by atoms with Crippen LogP contribution in [0.4, 0.5) is 9.59 Å². The molecule has 0 aromatic carbocycles. The van der Waals surface area contributed by atoms with E-state index in [9.17, 15) is 24.0 Å². The number of hydrogen-bond acceptors (Lipinski definition) is 14. The topological polar surface area (TPSA) is 184 Å². The first-order chi connectivity index (χ1) is 22.1. The zero-order chi connectivity index (χ0) is 35.1. The van der Waals surface area contributed by atoms with Crippen LogP contribution in [0.25, 0.3) is 0 Å². The fourth-order valence-corrected chi connectivity index (χ4v) is 7.24. The van der Waals surface area contributed by atoms with Crippen LogP contribution in [0.2, 0.25) is 0 Å². The van der Waals surface area contributed by atoms with E-state index in [1.54, 1.807) is 0 Å². The Labute approximate surface area is 287 Å². The summed E-state index contributed by atoms with van der Waals surface area (Å²) < 4.78 is 27.7. The molecule has 2 unspecified atom stereocenters. The van der Waals surface area contributed by atoms with Gasteiger partial charge in [0, 0.05) is 36.6 Å². The number of aromatic nitrogens is 2. The third-order valence-electron chi connectivity index (χ3n) is 6.96. The van der Waals surface area contributed by atoms with E-state index in [0.717, 1.165) is 29.0 Å². The van der Waals surface area contributed by atoms with Gasteiger partial charge in [-0.15, -0.1) is 0 Å². The molecule has 2 rings (SSSR count). The lowest BCUT2D eigenvalue weighted by Gasteiger charge is -2.46. The molecule has 47 heavy (non-hydrogen) atoms. The molecule has 1 aromatic heterocycles. The summed E-state index contributed by atoms with van der Waals surface area (Å²) in [7, 11) is 0. The first-order valence-electron chi connectivity index (χ1n) is 14.5. The molecule has 0 saturated heterocycles. The predicted octanol–water partition coefficient (Wildman–Crippen LogP) is 4.50. The molecule has 17 heteroatoms. The number of carbonyl (C=O) groups is 5. The van der Waals surface area contributed by atoms with Gasteiger partial charge >= 0.3 is 30.1 Å². The monoisotopic (exact) mass is 714 g/mol. The lowest BCUT2D eigenvalue weighted by Crippen LogP contribution is -2.51. The fourth-order valence-electron chi connectivity index (χ4n) is 5.27. The maximum atomic E-state index is 13.1. The maximum Gasteiger partial charge on any atom is 0.407 e. The van der Waals surface area contributed by atoms with Crippen molar-refractivity contribution in [3.8, 4) is 0 Å². The highest BCUT2D eigenvalue weighted by Crippen LogP contribution is 2.45. The second kappa shape index (κ2) is 18.6. The van der Waals surface area contributed by atoms with Crippen LogP contribution in [0, 0.1) is 20.2 Å². The number of thioether (sulfide) groups is 1. The number of nitrogens with one attached hydrogen (secondary N) is 3. The van der Waals surface area contributed by atoms with Gasteiger partial charge in [0.05, 0.1) is 0 Å². The van der Waals surface area contributed by atoms with Gasteiger partial charge < -0.3 is 34.3 Å². The van der Waals surface area contributed by atoms with E-state index in [-0.39, 0.29) is 23.5 Å². The average Bonchev–Trinajstić information content (AvgIpc) is 3.44. The summed E-state index contributed by atoms with van der Waals surface area (Å²) in [6.07, 6.45) is 3.40. The van der Waals surface area contributed by atoms with Crippen molar-refractivity contribution in [1.29, 1.82) is 0 Å². The number of hydrogen-bond donors (Lipinski definition) is 3. The van der Waals surface area contributed by atoms with E-state index < -0.39 is 61.9 Å². The normalized spacial score (nSPS) is 18.5. The number of H-pyrrole nitrogens is 1. The van der Waals surface area contributed by atoms with E-state index in [2.05, 4.69) is 54.4 Å². The minimum Gasteiger partial charge on any atom is -0.462 e. The molecule has 2 atom stereocenters. The molecule has 260 valence electrons. The number of nitrogens with zero attached hydrogens (tertiary/aromatic N) is 1. The second-order valence-electron chi connectivity index (χ2n) is 12.1. The second-order valence-corrected chi connectivity index (χ2v) is 15.1. The summed E-state index contributed by atoms with van der Waals surface area (Å²) in [5.41, 5.74) is -2.03. The Morgan fingerprint density at radius 2 is 1.49 bits per heavy atom. The van der Waals surface area contributed by atoms with E-state index in [1.165, 1.54) is 23.1 Å². The summed E-state index contributed by atoms with van der Waals surface area (Å²) in [5.74, 6) is -1.84. The van der Waals surface area contributed by atoms with Crippen LogP contribution in [0.5, 0.6) is 0 Å². The number of aromatic amines is 1. The molecule has 0 aliphatic heterocycles. The van der Waals surface area contributed by atoms with Crippen LogP contribution in [0.3, 0.4) is 0 Å². The number of carbonyl (C=O) groups excluding carboxylic acids is 5. The largest absolute Gasteiger partial charge is 0.462 e. The smallest absolute Gasteiger partial charge is 0.407 e. The molecule has 0 spiro atoms. The molecule has 1 heterocycles. The third-order valence-corrected chi connectivity index (χ3v) is 9.15. The minimum absolute atomic E-state index is 0.189. The van der Waals surface area contributed by atoms with Crippen molar-refractivity contribution in [3.63, 3.8) is 0 Å². The van der Waals surface area contributed by atoms with Crippen molar-refractivity contribution in [2.45, 2.75) is 50.4 Å². The molecule has 3 N–H and O–H groups in total. The van der Waals surface area contributed by atoms with Crippen LogP contribution in [-0.4, -0.2) is 91.7 Å². The first kappa shape index (κ1) is 39.5. The Morgan fingerprint density at radius 3 is 2.00 bits per heavy atom. The molecule has 1 aliphatic rings. The van der Waals surface area contributed by atoms with Crippen molar-refractivity contribution in [2.75, 3.05) is 45.3 Å². The molecule has 0 bridgehead atoms. The van der Waals surface area contributed by atoms with Gasteiger partial charge in [-0.3, -0.25) is 5.10 Å². The van der Waals surface area contributed by atoms with Gasteiger partial charge in [-0.1, -0.05) is 63.6 Å². The minimum atomic E-state index is -1.45. The molecule has 1 fully saturated rings. The Kier molecular flexibility index (Phi) is 15.6. The van der Waals surface area contributed by atoms with Crippen LogP contribution in [0.1, 0.15) is 40.0 Å². The summed E-state index contributed by atoms with van der Waals surface area (Å²) in [4.78, 5) is 61.0. The van der Waals surface area contributed by atoms with Crippen LogP contribution in [0.15, 0.2) is 42.3 Å². The zero-order valence-corrected chi connectivity index (χ0v) is 29.2. The molecule has 1 aliphatic carbocycles. The quantitative estimate of drug-likeness (QED) is 0.0483. The maximum absolute atomic E-state index is 13.1. The summed E-state index contributed by atoms with van der Waals surface area (Å²) >= 11 is 7.79. The van der Waals surface area contributed by atoms with Crippen molar-refractivity contribution in [3.05, 3.63) is 41.9 Å². The fraction of sp³-hybridized carbons (Fsp3) is 0.567. The van der Waals surface area contributed by atoms with E-state index in [1.807, 2.05) is 6.92 Å². The molecule has 2 amide bonds. The molecule has 14 nitrogen and oxygen atoms in total.